The Morgan fingerprint density at radius 2 is 1.79 bits per heavy atom. The van der Waals surface area contributed by atoms with E-state index < -0.39 is 9.84 Å². The predicted molar refractivity (Wildman–Crippen MR) is 79.7 cm³/mol. The summed E-state index contributed by atoms with van der Waals surface area (Å²) in [6, 6.07) is 0. The molecule has 1 heterocycles. The zero-order valence-corrected chi connectivity index (χ0v) is 13.7. The third-order valence-corrected chi connectivity index (χ3v) is 4.96. The van der Waals surface area contributed by atoms with Crippen LogP contribution in [0.25, 0.3) is 0 Å². The minimum Gasteiger partial charge on any atom is -0.240 e. The number of nitrogens with zero attached hydrogens (tertiary/aromatic N) is 1. The van der Waals surface area contributed by atoms with E-state index in [4.69, 9.17) is 11.6 Å². The van der Waals surface area contributed by atoms with Gasteiger partial charge in [-0.15, -0.1) is 0 Å². The summed E-state index contributed by atoms with van der Waals surface area (Å²) in [6.45, 7) is 5.88. The summed E-state index contributed by atoms with van der Waals surface area (Å²) in [5, 5.41) is 0.0924. The van der Waals surface area contributed by atoms with Crippen molar-refractivity contribution in [3.8, 4) is 0 Å². The highest BCUT2D eigenvalue weighted by molar-refractivity contribution is 7.90. The van der Waals surface area contributed by atoms with E-state index >= 15 is 0 Å². The van der Waals surface area contributed by atoms with E-state index in [1.54, 1.807) is 0 Å². The molecule has 0 aliphatic rings. The quantitative estimate of drug-likeness (QED) is 0.592. The average Bonchev–Trinajstić information content (AvgIpc) is 2.25. The Bertz CT molecular complexity index is 553. The van der Waals surface area contributed by atoms with Crippen molar-refractivity contribution in [2.75, 3.05) is 6.26 Å². The molecule has 0 aliphatic heterocycles. The van der Waals surface area contributed by atoms with Gasteiger partial charge in [-0.2, -0.15) is 0 Å². The fourth-order valence-electron chi connectivity index (χ4n) is 2.36. The van der Waals surface area contributed by atoms with Crippen LogP contribution in [0.5, 0.6) is 0 Å². The number of aromatic nitrogens is 1. The molecule has 0 radical (unpaired) electrons. The van der Waals surface area contributed by atoms with Crippen LogP contribution in [0.2, 0.25) is 5.15 Å². The maximum atomic E-state index is 11.8. The van der Waals surface area contributed by atoms with Gasteiger partial charge in [0.05, 0.1) is 0 Å². The molecule has 5 heteroatoms. The van der Waals surface area contributed by atoms with Crippen molar-refractivity contribution in [3.63, 3.8) is 0 Å². The topological polar surface area (TPSA) is 47.0 Å². The third-order valence-electron chi connectivity index (χ3n) is 3.33. The predicted octanol–water partition coefficient (Wildman–Crippen LogP) is 3.88. The number of halogens is 1. The summed E-state index contributed by atoms with van der Waals surface area (Å²) in [5.41, 5.74) is 2.63. The molecule has 0 aromatic carbocycles. The average molecular weight is 304 g/mol. The Morgan fingerprint density at radius 3 is 2.32 bits per heavy atom. The van der Waals surface area contributed by atoms with Crippen LogP contribution < -0.4 is 0 Å². The lowest BCUT2D eigenvalue weighted by Gasteiger charge is -2.14. The van der Waals surface area contributed by atoms with Gasteiger partial charge in [-0.3, -0.25) is 0 Å². The van der Waals surface area contributed by atoms with Crippen LogP contribution in [-0.2, 0) is 16.3 Å². The van der Waals surface area contributed by atoms with Gasteiger partial charge in [-0.05, 0) is 37.8 Å². The van der Waals surface area contributed by atoms with E-state index in [0.717, 1.165) is 36.1 Å². The highest BCUT2D eigenvalue weighted by atomic mass is 35.5. The lowest BCUT2D eigenvalue weighted by molar-refractivity contribution is 0.600. The number of hydrogen-bond acceptors (Lipinski definition) is 3. The molecule has 0 amide bonds. The van der Waals surface area contributed by atoms with Gasteiger partial charge in [0.2, 0.25) is 0 Å². The van der Waals surface area contributed by atoms with E-state index in [1.165, 1.54) is 19.1 Å². The van der Waals surface area contributed by atoms with E-state index in [1.807, 2.05) is 13.8 Å². The van der Waals surface area contributed by atoms with Crippen LogP contribution in [0.15, 0.2) is 4.90 Å². The monoisotopic (exact) mass is 303 g/mol. The second-order valence-corrected chi connectivity index (χ2v) is 7.31. The molecule has 0 unspecified atom stereocenters. The molecule has 0 fully saturated rings. The van der Waals surface area contributed by atoms with Gasteiger partial charge in [0, 0.05) is 11.9 Å². The highest BCUT2D eigenvalue weighted by Gasteiger charge is 2.20. The summed E-state index contributed by atoms with van der Waals surface area (Å²) in [7, 11) is -3.33. The normalized spacial score (nSPS) is 11.8. The number of unbranched alkanes of at least 4 members (excludes halogenated alkanes) is 3. The molecule has 0 saturated carbocycles. The smallest absolute Gasteiger partial charge is 0.178 e. The minimum absolute atomic E-state index is 0.0924. The summed E-state index contributed by atoms with van der Waals surface area (Å²) in [5.74, 6) is 0. The molecule has 1 rings (SSSR count). The summed E-state index contributed by atoms with van der Waals surface area (Å²) < 4.78 is 23.6. The molecule has 0 atom stereocenters. The Hall–Kier alpha value is -0.610. The number of hydrogen-bond donors (Lipinski definition) is 0. The first-order chi connectivity index (χ1) is 8.79. The lowest BCUT2D eigenvalue weighted by Crippen LogP contribution is -2.08. The van der Waals surface area contributed by atoms with Gasteiger partial charge in [0.25, 0.3) is 0 Å². The first kappa shape index (κ1) is 16.4. The molecule has 0 N–H and O–H groups in total. The van der Waals surface area contributed by atoms with Crippen molar-refractivity contribution in [1.29, 1.82) is 0 Å². The summed E-state index contributed by atoms with van der Waals surface area (Å²) in [6.07, 6.45) is 6.65. The van der Waals surface area contributed by atoms with Crippen LogP contribution >= 0.6 is 11.6 Å². The molecule has 0 spiro atoms. The van der Waals surface area contributed by atoms with Crippen molar-refractivity contribution in [3.05, 3.63) is 22.0 Å². The van der Waals surface area contributed by atoms with E-state index in [9.17, 15) is 8.42 Å². The van der Waals surface area contributed by atoms with Crippen LogP contribution in [-0.4, -0.2) is 19.7 Å². The minimum atomic E-state index is -3.33. The maximum absolute atomic E-state index is 11.8. The van der Waals surface area contributed by atoms with Gasteiger partial charge >= 0.3 is 0 Å². The Labute approximate surface area is 121 Å². The van der Waals surface area contributed by atoms with Crippen molar-refractivity contribution in [2.45, 2.75) is 57.8 Å². The Kier molecular flexibility index (Phi) is 5.81. The van der Waals surface area contributed by atoms with Crippen LogP contribution in [0, 0.1) is 13.8 Å². The third kappa shape index (κ3) is 4.18. The van der Waals surface area contributed by atoms with Crippen molar-refractivity contribution < 1.29 is 8.42 Å². The molecule has 3 nitrogen and oxygen atoms in total. The molecule has 0 saturated heterocycles. The molecule has 1 aromatic heterocycles. The Morgan fingerprint density at radius 1 is 1.16 bits per heavy atom. The van der Waals surface area contributed by atoms with E-state index in [2.05, 4.69) is 11.9 Å². The zero-order chi connectivity index (χ0) is 14.6. The van der Waals surface area contributed by atoms with Crippen LogP contribution in [0.3, 0.4) is 0 Å². The number of aryl methyl sites for hydroxylation is 1. The Balaban J connectivity index is 3.12. The van der Waals surface area contributed by atoms with Gasteiger partial charge in [-0.25, -0.2) is 13.4 Å². The second kappa shape index (κ2) is 6.71. The highest BCUT2D eigenvalue weighted by Crippen LogP contribution is 2.28. The van der Waals surface area contributed by atoms with Gasteiger partial charge in [-0.1, -0.05) is 37.8 Å². The standard InChI is InChI=1S/C14H22ClNO2S/c1-5-6-7-8-9-12-10(2)13(19(4,17)18)14(15)16-11(12)3/h5-9H2,1-4H3. The van der Waals surface area contributed by atoms with Gasteiger partial charge in [0.15, 0.2) is 9.84 Å². The van der Waals surface area contributed by atoms with E-state index in [-0.39, 0.29) is 10.0 Å². The van der Waals surface area contributed by atoms with Gasteiger partial charge < -0.3 is 0 Å². The maximum Gasteiger partial charge on any atom is 0.178 e. The number of rotatable bonds is 6. The number of pyridine rings is 1. The van der Waals surface area contributed by atoms with Crippen LogP contribution in [0.1, 0.15) is 49.4 Å². The molecular formula is C14H22ClNO2S. The molecule has 108 valence electrons. The van der Waals surface area contributed by atoms with Crippen molar-refractivity contribution >= 4 is 21.4 Å². The molecular weight excluding hydrogens is 282 g/mol. The van der Waals surface area contributed by atoms with Crippen molar-refractivity contribution in [2.24, 2.45) is 0 Å². The lowest BCUT2D eigenvalue weighted by atomic mass is 10.0. The molecule has 19 heavy (non-hydrogen) atoms. The SMILES string of the molecule is CCCCCCc1c(C)nc(Cl)c(S(C)(=O)=O)c1C. The van der Waals surface area contributed by atoms with Crippen molar-refractivity contribution in [1.82, 2.24) is 4.98 Å². The molecule has 1 aromatic rings. The van der Waals surface area contributed by atoms with Gasteiger partial charge in [0.1, 0.15) is 10.0 Å². The fourth-order valence-corrected chi connectivity index (χ4v) is 4.08. The van der Waals surface area contributed by atoms with E-state index in [0.29, 0.717) is 0 Å². The first-order valence-corrected chi connectivity index (χ1v) is 8.91. The zero-order valence-electron chi connectivity index (χ0n) is 12.1. The van der Waals surface area contributed by atoms with Crippen LogP contribution in [0.4, 0.5) is 0 Å². The first-order valence-electron chi connectivity index (χ1n) is 6.64. The second-order valence-electron chi connectivity index (χ2n) is 5.00. The summed E-state index contributed by atoms with van der Waals surface area (Å²) >= 11 is 5.98. The molecule has 0 bridgehead atoms. The fraction of sp³-hybridized carbons (Fsp3) is 0.643. The largest absolute Gasteiger partial charge is 0.240 e. The number of sulfone groups is 1. The summed E-state index contributed by atoms with van der Waals surface area (Å²) in [4.78, 5) is 4.37. The molecule has 0 aliphatic carbocycles.